The fraction of sp³-hybridized carbons (Fsp3) is 0.381. The molecule has 1 aliphatic heterocycles. The van der Waals surface area contributed by atoms with E-state index in [1.54, 1.807) is 0 Å². The molecule has 2 aromatic carbocycles. The predicted octanol–water partition coefficient (Wildman–Crippen LogP) is 4.98. The first-order valence-corrected chi connectivity index (χ1v) is 9.87. The molecular weight excluding hydrogens is 394 g/mol. The fourth-order valence-corrected chi connectivity index (χ4v) is 3.70. The molecule has 0 aliphatic carbocycles. The Morgan fingerprint density at radius 1 is 1.15 bits per heavy atom. The molecule has 5 heteroatoms. The highest BCUT2D eigenvalue weighted by Gasteiger charge is 2.29. The van der Waals surface area contributed by atoms with Crippen molar-refractivity contribution in [1.82, 2.24) is 4.90 Å². The zero-order chi connectivity index (χ0) is 18.4. The standard InChI is InChI=1S/C21H24BrNO3/c1-2-25-18-10-8-16(9-11-18)20-7-4-13-23(20)21(24)12-14-26-19-6-3-5-17(22)15-19/h3,5-6,8-11,15,20H,2,4,7,12-14H2,1H3. The van der Waals surface area contributed by atoms with E-state index in [1.807, 2.05) is 48.2 Å². The Labute approximate surface area is 163 Å². The van der Waals surface area contributed by atoms with Gasteiger partial charge in [0.05, 0.1) is 25.7 Å². The van der Waals surface area contributed by atoms with Gasteiger partial charge in [-0.2, -0.15) is 0 Å². The number of rotatable bonds is 7. The molecule has 4 nitrogen and oxygen atoms in total. The molecule has 0 saturated carbocycles. The summed E-state index contributed by atoms with van der Waals surface area (Å²) in [6.07, 6.45) is 2.43. The lowest BCUT2D eigenvalue weighted by Crippen LogP contribution is -2.31. The highest BCUT2D eigenvalue weighted by molar-refractivity contribution is 9.10. The average Bonchev–Trinajstić information content (AvgIpc) is 3.12. The Hall–Kier alpha value is -2.01. The van der Waals surface area contributed by atoms with Crippen LogP contribution >= 0.6 is 15.9 Å². The molecule has 138 valence electrons. The summed E-state index contributed by atoms with van der Waals surface area (Å²) in [6.45, 7) is 3.84. The van der Waals surface area contributed by atoms with Crippen molar-refractivity contribution in [3.05, 3.63) is 58.6 Å². The first kappa shape index (κ1) is 18.8. The van der Waals surface area contributed by atoms with Gasteiger partial charge in [-0.05, 0) is 55.7 Å². The Morgan fingerprint density at radius 2 is 1.96 bits per heavy atom. The van der Waals surface area contributed by atoms with Crippen LogP contribution in [0.5, 0.6) is 11.5 Å². The number of carbonyl (C=O) groups is 1. The van der Waals surface area contributed by atoms with Gasteiger partial charge < -0.3 is 14.4 Å². The molecule has 0 aromatic heterocycles. The molecule has 1 saturated heterocycles. The number of ether oxygens (including phenoxy) is 2. The highest BCUT2D eigenvalue weighted by Crippen LogP contribution is 2.33. The smallest absolute Gasteiger partial charge is 0.226 e. The van der Waals surface area contributed by atoms with Crippen molar-refractivity contribution in [1.29, 1.82) is 0 Å². The van der Waals surface area contributed by atoms with Crippen molar-refractivity contribution >= 4 is 21.8 Å². The van der Waals surface area contributed by atoms with Crippen molar-refractivity contribution in [2.75, 3.05) is 19.8 Å². The number of hydrogen-bond donors (Lipinski definition) is 0. The summed E-state index contributed by atoms with van der Waals surface area (Å²) in [5, 5.41) is 0. The largest absolute Gasteiger partial charge is 0.494 e. The van der Waals surface area contributed by atoms with Gasteiger partial charge in [-0.15, -0.1) is 0 Å². The minimum atomic E-state index is 0.149. The van der Waals surface area contributed by atoms with Crippen molar-refractivity contribution in [2.24, 2.45) is 0 Å². The number of benzene rings is 2. The Balaban J connectivity index is 1.56. The average molecular weight is 418 g/mol. The molecule has 1 amide bonds. The summed E-state index contributed by atoms with van der Waals surface area (Å²) < 4.78 is 12.2. The maximum atomic E-state index is 12.7. The summed E-state index contributed by atoms with van der Waals surface area (Å²) in [7, 11) is 0. The Bertz CT molecular complexity index is 732. The van der Waals surface area contributed by atoms with Crippen LogP contribution < -0.4 is 9.47 Å². The molecule has 0 spiro atoms. The van der Waals surface area contributed by atoms with Gasteiger partial charge >= 0.3 is 0 Å². The second-order valence-corrected chi connectivity index (χ2v) is 7.22. The molecule has 1 unspecified atom stereocenters. The first-order chi connectivity index (χ1) is 12.7. The van der Waals surface area contributed by atoms with Crippen LogP contribution in [0.15, 0.2) is 53.0 Å². The van der Waals surface area contributed by atoms with E-state index < -0.39 is 0 Å². The maximum absolute atomic E-state index is 12.7. The second kappa shape index (κ2) is 9.08. The van der Waals surface area contributed by atoms with E-state index in [-0.39, 0.29) is 11.9 Å². The topological polar surface area (TPSA) is 38.8 Å². The molecule has 0 bridgehead atoms. The van der Waals surface area contributed by atoms with Crippen molar-refractivity contribution in [2.45, 2.75) is 32.2 Å². The summed E-state index contributed by atoms with van der Waals surface area (Å²) in [4.78, 5) is 14.7. The van der Waals surface area contributed by atoms with E-state index in [9.17, 15) is 4.79 Å². The van der Waals surface area contributed by atoms with E-state index in [0.717, 1.165) is 35.4 Å². The third-order valence-corrected chi connectivity index (χ3v) is 5.02. The summed E-state index contributed by atoms with van der Waals surface area (Å²) in [5.41, 5.74) is 1.17. The minimum absolute atomic E-state index is 0.149. The molecule has 0 radical (unpaired) electrons. The molecule has 1 fully saturated rings. The molecule has 1 atom stereocenters. The zero-order valence-electron chi connectivity index (χ0n) is 15.0. The zero-order valence-corrected chi connectivity index (χ0v) is 16.6. The fourth-order valence-electron chi connectivity index (χ4n) is 3.32. The summed E-state index contributed by atoms with van der Waals surface area (Å²) in [6, 6.07) is 15.9. The van der Waals surface area contributed by atoms with Crippen molar-refractivity contribution < 1.29 is 14.3 Å². The maximum Gasteiger partial charge on any atom is 0.226 e. The van der Waals surface area contributed by atoms with Gasteiger partial charge in [0.15, 0.2) is 0 Å². The van der Waals surface area contributed by atoms with Crippen LogP contribution in [0.4, 0.5) is 0 Å². The van der Waals surface area contributed by atoms with E-state index >= 15 is 0 Å². The van der Waals surface area contributed by atoms with E-state index in [1.165, 1.54) is 5.56 Å². The predicted molar refractivity (Wildman–Crippen MR) is 106 cm³/mol. The highest BCUT2D eigenvalue weighted by atomic mass is 79.9. The summed E-state index contributed by atoms with van der Waals surface area (Å²) >= 11 is 3.42. The molecule has 2 aromatic rings. The van der Waals surface area contributed by atoms with Crippen LogP contribution in [-0.2, 0) is 4.79 Å². The SMILES string of the molecule is CCOc1ccc(C2CCCN2C(=O)CCOc2cccc(Br)c2)cc1. The van der Waals surface area contributed by atoms with Gasteiger partial charge in [0.25, 0.3) is 0 Å². The lowest BCUT2D eigenvalue weighted by molar-refractivity contribution is -0.132. The monoisotopic (exact) mass is 417 g/mol. The lowest BCUT2D eigenvalue weighted by atomic mass is 10.0. The van der Waals surface area contributed by atoms with Crippen molar-refractivity contribution in [3.8, 4) is 11.5 Å². The Kier molecular flexibility index (Phi) is 6.56. The van der Waals surface area contributed by atoms with Gasteiger partial charge in [0, 0.05) is 11.0 Å². The van der Waals surface area contributed by atoms with Gasteiger partial charge in [-0.25, -0.2) is 0 Å². The van der Waals surface area contributed by atoms with Gasteiger partial charge in [0.1, 0.15) is 11.5 Å². The van der Waals surface area contributed by atoms with E-state index in [2.05, 4.69) is 28.1 Å². The van der Waals surface area contributed by atoms with Crippen LogP contribution in [0.1, 0.15) is 37.8 Å². The number of carbonyl (C=O) groups excluding carboxylic acids is 1. The first-order valence-electron chi connectivity index (χ1n) is 9.08. The van der Waals surface area contributed by atoms with Crippen LogP contribution in [0, 0.1) is 0 Å². The third-order valence-electron chi connectivity index (χ3n) is 4.53. The molecule has 26 heavy (non-hydrogen) atoms. The van der Waals surface area contributed by atoms with Gasteiger partial charge in [-0.3, -0.25) is 4.79 Å². The number of likely N-dealkylation sites (tertiary alicyclic amines) is 1. The third kappa shape index (κ3) is 4.79. The van der Waals surface area contributed by atoms with E-state index in [4.69, 9.17) is 9.47 Å². The minimum Gasteiger partial charge on any atom is -0.494 e. The van der Waals surface area contributed by atoms with E-state index in [0.29, 0.717) is 19.6 Å². The van der Waals surface area contributed by atoms with Crippen LogP contribution in [0.2, 0.25) is 0 Å². The molecule has 0 N–H and O–H groups in total. The quantitative estimate of drug-likeness (QED) is 0.637. The Morgan fingerprint density at radius 3 is 2.69 bits per heavy atom. The number of hydrogen-bond acceptors (Lipinski definition) is 3. The molecule has 1 heterocycles. The van der Waals surface area contributed by atoms with Crippen LogP contribution in [-0.4, -0.2) is 30.6 Å². The van der Waals surface area contributed by atoms with Gasteiger partial charge in [-0.1, -0.05) is 34.1 Å². The molecule has 1 aliphatic rings. The second-order valence-electron chi connectivity index (χ2n) is 6.30. The van der Waals surface area contributed by atoms with Crippen LogP contribution in [0.25, 0.3) is 0 Å². The number of halogens is 1. The number of nitrogens with zero attached hydrogens (tertiary/aromatic N) is 1. The summed E-state index contributed by atoms with van der Waals surface area (Å²) in [5.74, 6) is 1.79. The van der Waals surface area contributed by atoms with Crippen LogP contribution in [0.3, 0.4) is 0 Å². The molecular formula is C21H24BrNO3. The normalized spacial score (nSPS) is 16.5. The number of amides is 1. The van der Waals surface area contributed by atoms with Gasteiger partial charge in [0.2, 0.25) is 5.91 Å². The molecule has 3 rings (SSSR count). The van der Waals surface area contributed by atoms with Crippen molar-refractivity contribution in [3.63, 3.8) is 0 Å². The lowest BCUT2D eigenvalue weighted by Gasteiger charge is -2.25.